The Labute approximate surface area is 93.0 Å². The summed E-state index contributed by atoms with van der Waals surface area (Å²) in [5, 5.41) is 8.98. The SMILES string of the molecule is CCc1ccc(OC(N)(N)N)c(C(=O)O)c1. The van der Waals surface area contributed by atoms with Crippen molar-refractivity contribution in [3.8, 4) is 5.75 Å². The maximum absolute atomic E-state index is 11.0. The van der Waals surface area contributed by atoms with Crippen LogP contribution in [0, 0.1) is 0 Å². The van der Waals surface area contributed by atoms with Crippen molar-refractivity contribution < 1.29 is 14.6 Å². The molecule has 1 aromatic rings. The topological polar surface area (TPSA) is 125 Å². The third-order valence-corrected chi connectivity index (χ3v) is 1.97. The lowest BCUT2D eigenvalue weighted by molar-refractivity contribution is 0.0658. The molecule has 16 heavy (non-hydrogen) atoms. The van der Waals surface area contributed by atoms with Gasteiger partial charge in [0.2, 0.25) is 0 Å². The maximum Gasteiger partial charge on any atom is 0.339 e. The molecule has 88 valence electrons. The largest absolute Gasteiger partial charge is 0.478 e. The highest BCUT2D eigenvalue weighted by molar-refractivity contribution is 5.91. The third-order valence-electron chi connectivity index (χ3n) is 1.97. The van der Waals surface area contributed by atoms with Crippen molar-refractivity contribution in [3.05, 3.63) is 29.3 Å². The fraction of sp³-hybridized carbons (Fsp3) is 0.300. The van der Waals surface area contributed by atoms with E-state index in [2.05, 4.69) is 0 Å². The maximum atomic E-state index is 11.0. The number of nitrogens with two attached hydrogens (primary N) is 3. The third kappa shape index (κ3) is 3.20. The number of aromatic carboxylic acids is 1. The van der Waals surface area contributed by atoms with Gasteiger partial charge in [0.05, 0.1) is 0 Å². The first-order chi connectivity index (χ1) is 7.33. The number of aryl methyl sites for hydroxylation is 1. The highest BCUT2D eigenvalue weighted by Gasteiger charge is 2.19. The predicted molar refractivity (Wildman–Crippen MR) is 58.7 cm³/mol. The molecule has 7 N–H and O–H groups in total. The van der Waals surface area contributed by atoms with Crippen LogP contribution in [0.15, 0.2) is 18.2 Å². The highest BCUT2D eigenvalue weighted by atomic mass is 16.5. The number of benzene rings is 1. The molecule has 1 rings (SSSR count). The molecule has 0 aromatic heterocycles. The lowest BCUT2D eigenvalue weighted by atomic mass is 10.1. The van der Waals surface area contributed by atoms with E-state index >= 15 is 0 Å². The quantitative estimate of drug-likeness (QED) is 0.526. The lowest BCUT2D eigenvalue weighted by Crippen LogP contribution is -2.62. The normalized spacial score (nSPS) is 11.2. The summed E-state index contributed by atoms with van der Waals surface area (Å²) in [7, 11) is 0. The summed E-state index contributed by atoms with van der Waals surface area (Å²) in [5.41, 5.74) is 16.6. The van der Waals surface area contributed by atoms with E-state index in [1.165, 1.54) is 12.1 Å². The molecule has 0 saturated carbocycles. The summed E-state index contributed by atoms with van der Waals surface area (Å²) in [6, 6.07) is 4.72. The Morgan fingerprint density at radius 2 is 2.06 bits per heavy atom. The predicted octanol–water partition coefficient (Wildman–Crippen LogP) is -0.187. The van der Waals surface area contributed by atoms with Crippen molar-refractivity contribution in [1.29, 1.82) is 0 Å². The van der Waals surface area contributed by atoms with Crippen LogP contribution < -0.4 is 21.9 Å². The monoisotopic (exact) mass is 225 g/mol. The molecule has 0 fully saturated rings. The van der Waals surface area contributed by atoms with Crippen molar-refractivity contribution in [2.24, 2.45) is 17.2 Å². The summed E-state index contributed by atoms with van der Waals surface area (Å²) in [4.78, 5) is 11.0. The van der Waals surface area contributed by atoms with Crippen molar-refractivity contribution in [1.82, 2.24) is 0 Å². The van der Waals surface area contributed by atoms with E-state index in [1.54, 1.807) is 6.07 Å². The van der Waals surface area contributed by atoms with E-state index in [0.717, 1.165) is 12.0 Å². The second-order valence-electron chi connectivity index (χ2n) is 3.44. The Hall–Kier alpha value is -1.63. The minimum atomic E-state index is -1.89. The minimum Gasteiger partial charge on any atom is -0.478 e. The van der Waals surface area contributed by atoms with Gasteiger partial charge in [-0.3, -0.25) is 17.2 Å². The first-order valence-electron chi connectivity index (χ1n) is 4.75. The standard InChI is InChI=1S/C10H15N3O3/c1-2-6-3-4-8(16-10(11,12)13)7(5-6)9(14)15/h3-5H,2,11-13H2,1H3,(H,14,15). The number of carbonyl (C=O) groups is 1. The number of carboxylic acid groups (broad SMARTS) is 1. The molecule has 0 aliphatic rings. The Bertz CT molecular complexity index is 399. The van der Waals surface area contributed by atoms with E-state index in [-0.39, 0.29) is 11.3 Å². The summed E-state index contributed by atoms with van der Waals surface area (Å²) >= 11 is 0. The Balaban J connectivity index is 3.13. The van der Waals surface area contributed by atoms with Crippen LogP contribution in [0.4, 0.5) is 0 Å². The van der Waals surface area contributed by atoms with Gasteiger partial charge in [0.1, 0.15) is 11.3 Å². The molecule has 6 nitrogen and oxygen atoms in total. The van der Waals surface area contributed by atoms with Gasteiger partial charge in [-0.25, -0.2) is 4.79 Å². The van der Waals surface area contributed by atoms with Crippen molar-refractivity contribution in [3.63, 3.8) is 0 Å². The smallest absolute Gasteiger partial charge is 0.339 e. The fourth-order valence-corrected chi connectivity index (χ4v) is 1.24. The zero-order valence-corrected chi connectivity index (χ0v) is 8.93. The average Bonchev–Trinajstić information content (AvgIpc) is 2.15. The number of carboxylic acids is 1. The first kappa shape index (κ1) is 12.4. The summed E-state index contributed by atoms with van der Waals surface area (Å²) in [6.45, 7) is 1.92. The van der Waals surface area contributed by atoms with Gasteiger partial charge in [0.25, 0.3) is 5.97 Å². The van der Waals surface area contributed by atoms with Crippen LogP contribution in [0.5, 0.6) is 5.75 Å². The van der Waals surface area contributed by atoms with E-state index in [4.69, 9.17) is 27.0 Å². The van der Waals surface area contributed by atoms with Crippen LogP contribution in [-0.4, -0.2) is 17.0 Å². The Kier molecular flexibility index (Phi) is 3.48. The first-order valence-corrected chi connectivity index (χ1v) is 4.75. The second kappa shape index (κ2) is 4.48. The van der Waals surface area contributed by atoms with E-state index in [1.807, 2.05) is 6.92 Å². The van der Waals surface area contributed by atoms with Crippen molar-refractivity contribution in [2.75, 3.05) is 0 Å². The van der Waals surface area contributed by atoms with Crippen LogP contribution in [0.2, 0.25) is 0 Å². The minimum absolute atomic E-state index is 0.00919. The van der Waals surface area contributed by atoms with Crippen LogP contribution >= 0.6 is 0 Å². The Morgan fingerprint density at radius 3 is 2.50 bits per heavy atom. The molecule has 0 aliphatic carbocycles. The van der Waals surface area contributed by atoms with Gasteiger partial charge in [0, 0.05) is 0 Å². The van der Waals surface area contributed by atoms with E-state index in [9.17, 15) is 4.79 Å². The van der Waals surface area contributed by atoms with Gasteiger partial charge in [-0.1, -0.05) is 13.0 Å². The van der Waals surface area contributed by atoms with Crippen LogP contribution in [0.1, 0.15) is 22.8 Å². The Morgan fingerprint density at radius 1 is 1.44 bits per heavy atom. The number of hydrogen-bond donors (Lipinski definition) is 4. The molecular weight excluding hydrogens is 210 g/mol. The molecule has 0 atom stereocenters. The number of rotatable bonds is 4. The molecule has 0 unspecified atom stereocenters. The number of hydrogen-bond acceptors (Lipinski definition) is 5. The van der Waals surface area contributed by atoms with Gasteiger partial charge in [0.15, 0.2) is 0 Å². The molecule has 6 heteroatoms. The molecule has 0 spiro atoms. The molecule has 1 aromatic carbocycles. The van der Waals surface area contributed by atoms with E-state index < -0.39 is 11.9 Å². The van der Waals surface area contributed by atoms with Gasteiger partial charge in [-0.15, -0.1) is 0 Å². The van der Waals surface area contributed by atoms with Crippen LogP contribution in [0.3, 0.4) is 0 Å². The molecule has 0 saturated heterocycles. The summed E-state index contributed by atoms with van der Waals surface area (Å²) in [6.07, 6.45) is 0.722. The molecule has 0 amide bonds. The van der Waals surface area contributed by atoms with Crippen molar-refractivity contribution >= 4 is 5.97 Å². The fourth-order valence-electron chi connectivity index (χ4n) is 1.24. The molecule has 0 radical (unpaired) electrons. The highest BCUT2D eigenvalue weighted by Crippen LogP contribution is 2.21. The van der Waals surface area contributed by atoms with Gasteiger partial charge in [-0.2, -0.15) is 0 Å². The summed E-state index contributed by atoms with van der Waals surface area (Å²) < 4.78 is 4.95. The van der Waals surface area contributed by atoms with Gasteiger partial charge >= 0.3 is 5.97 Å². The van der Waals surface area contributed by atoms with E-state index in [0.29, 0.717) is 0 Å². The van der Waals surface area contributed by atoms with Crippen LogP contribution in [0.25, 0.3) is 0 Å². The zero-order chi connectivity index (χ0) is 12.3. The molecule has 0 heterocycles. The summed E-state index contributed by atoms with van der Waals surface area (Å²) in [5.74, 6) is -2.95. The molecule has 0 aliphatic heterocycles. The van der Waals surface area contributed by atoms with Crippen molar-refractivity contribution in [2.45, 2.75) is 19.3 Å². The molecular formula is C10H15N3O3. The number of ether oxygens (including phenoxy) is 1. The van der Waals surface area contributed by atoms with Gasteiger partial charge in [-0.05, 0) is 24.1 Å². The average molecular weight is 225 g/mol. The molecule has 0 bridgehead atoms. The second-order valence-corrected chi connectivity index (χ2v) is 3.44. The zero-order valence-electron chi connectivity index (χ0n) is 8.93. The van der Waals surface area contributed by atoms with Gasteiger partial charge < -0.3 is 9.84 Å². The lowest BCUT2D eigenvalue weighted by Gasteiger charge is -2.21. The van der Waals surface area contributed by atoms with Crippen LogP contribution in [-0.2, 0) is 6.42 Å².